The molecule has 0 radical (unpaired) electrons. The van der Waals surface area contributed by atoms with Crippen molar-refractivity contribution in [2.75, 3.05) is 13.2 Å². The molecule has 0 N–H and O–H groups in total. The summed E-state index contributed by atoms with van der Waals surface area (Å²) in [5.74, 6) is 1.78. The summed E-state index contributed by atoms with van der Waals surface area (Å²) in [6, 6.07) is 6.95. The van der Waals surface area contributed by atoms with E-state index in [1.807, 2.05) is 0 Å². The standard InChI is InChI=1S/C15H11BrO4/c16-11-8-12(20-9-11)2-3-13(17)10-1-4-14-15(7-10)19-6-5-18-14/h1-4,7-9H,5-6H2/b3-2+. The van der Waals surface area contributed by atoms with Gasteiger partial charge in [-0.25, -0.2) is 0 Å². The molecule has 3 rings (SSSR count). The fourth-order valence-corrected chi connectivity index (χ4v) is 2.19. The fraction of sp³-hybridized carbons (Fsp3) is 0.133. The molecule has 1 aromatic heterocycles. The van der Waals surface area contributed by atoms with Gasteiger partial charge in [0.25, 0.3) is 0 Å². The van der Waals surface area contributed by atoms with E-state index in [4.69, 9.17) is 13.9 Å². The Morgan fingerprint density at radius 3 is 2.70 bits per heavy atom. The number of carbonyl (C=O) groups is 1. The Bertz CT molecular complexity index is 672. The smallest absolute Gasteiger partial charge is 0.186 e. The third-order valence-electron chi connectivity index (χ3n) is 2.81. The first-order valence-corrected chi connectivity index (χ1v) is 6.88. The summed E-state index contributed by atoms with van der Waals surface area (Å²) in [6.07, 6.45) is 4.66. The molecule has 0 atom stereocenters. The molecule has 0 saturated carbocycles. The third-order valence-corrected chi connectivity index (χ3v) is 3.23. The summed E-state index contributed by atoms with van der Waals surface area (Å²) < 4.78 is 16.9. The second kappa shape index (κ2) is 5.54. The number of rotatable bonds is 3. The second-order valence-electron chi connectivity index (χ2n) is 4.22. The summed E-state index contributed by atoms with van der Waals surface area (Å²) in [5, 5.41) is 0. The Kier molecular flexibility index (Phi) is 3.60. The minimum atomic E-state index is -0.116. The van der Waals surface area contributed by atoms with E-state index < -0.39 is 0 Å². The maximum absolute atomic E-state index is 12.1. The van der Waals surface area contributed by atoms with E-state index in [1.54, 1.807) is 36.6 Å². The SMILES string of the molecule is O=C(/C=C/c1cc(Br)co1)c1ccc2c(c1)OCCO2. The Balaban J connectivity index is 1.78. The molecule has 1 aliphatic rings. The van der Waals surface area contributed by atoms with E-state index >= 15 is 0 Å². The monoisotopic (exact) mass is 334 g/mol. The molecular formula is C15H11BrO4. The summed E-state index contributed by atoms with van der Waals surface area (Å²) in [5.41, 5.74) is 0.552. The molecule has 2 heterocycles. The van der Waals surface area contributed by atoms with Gasteiger partial charge in [0.15, 0.2) is 17.3 Å². The van der Waals surface area contributed by atoms with Gasteiger partial charge in [0, 0.05) is 5.56 Å². The number of fused-ring (bicyclic) bond motifs is 1. The van der Waals surface area contributed by atoms with Gasteiger partial charge in [-0.2, -0.15) is 0 Å². The van der Waals surface area contributed by atoms with Gasteiger partial charge in [0.1, 0.15) is 25.2 Å². The van der Waals surface area contributed by atoms with Crippen LogP contribution in [0.3, 0.4) is 0 Å². The van der Waals surface area contributed by atoms with Crippen molar-refractivity contribution in [2.24, 2.45) is 0 Å². The number of benzene rings is 1. The fourth-order valence-electron chi connectivity index (χ4n) is 1.87. The molecule has 5 heteroatoms. The number of hydrogen-bond donors (Lipinski definition) is 0. The molecular weight excluding hydrogens is 324 g/mol. The second-order valence-corrected chi connectivity index (χ2v) is 5.14. The Hall–Kier alpha value is -2.01. The summed E-state index contributed by atoms with van der Waals surface area (Å²) in [7, 11) is 0. The van der Waals surface area contributed by atoms with E-state index in [-0.39, 0.29) is 5.78 Å². The molecule has 0 bridgehead atoms. The van der Waals surface area contributed by atoms with Gasteiger partial charge in [-0.1, -0.05) is 0 Å². The van der Waals surface area contributed by atoms with Crippen LogP contribution >= 0.6 is 15.9 Å². The van der Waals surface area contributed by atoms with E-state index in [2.05, 4.69) is 15.9 Å². The zero-order valence-electron chi connectivity index (χ0n) is 10.5. The summed E-state index contributed by atoms with van der Waals surface area (Å²) in [6.45, 7) is 1.04. The van der Waals surface area contributed by atoms with Crippen LogP contribution in [-0.2, 0) is 0 Å². The lowest BCUT2D eigenvalue weighted by Gasteiger charge is -2.18. The number of allylic oxidation sites excluding steroid dienone is 1. The van der Waals surface area contributed by atoms with Crippen LogP contribution in [-0.4, -0.2) is 19.0 Å². The molecule has 20 heavy (non-hydrogen) atoms. The molecule has 0 unspecified atom stereocenters. The average Bonchev–Trinajstić information content (AvgIpc) is 2.90. The highest BCUT2D eigenvalue weighted by atomic mass is 79.9. The largest absolute Gasteiger partial charge is 0.486 e. The van der Waals surface area contributed by atoms with Crippen LogP contribution < -0.4 is 9.47 Å². The van der Waals surface area contributed by atoms with Crippen LogP contribution in [0.2, 0.25) is 0 Å². The molecule has 1 aromatic carbocycles. The molecule has 102 valence electrons. The minimum Gasteiger partial charge on any atom is -0.486 e. The van der Waals surface area contributed by atoms with E-state index in [0.717, 1.165) is 4.47 Å². The molecule has 2 aromatic rings. The lowest BCUT2D eigenvalue weighted by molar-refractivity contribution is 0.104. The first kappa shape index (κ1) is 13.0. The van der Waals surface area contributed by atoms with Gasteiger partial charge in [-0.3, -0.25) is 4.79 Å². The molecule has 0 fully saturated rings. The summed E-state index contributed by atoms with van der Waals surface area (Å²) >= 11 is 3.28. The Morgan fingerprint density at radius 1 is 1.15 bits per heavy atom. The van der Waals surface area contributed by atoms with Crippen LogP contribution in [0.25, 0.3) is 6.08 Å². The van der Waals surface area contributed by atoms with Gasteiger partial charge in [0.2, 0.25) is 0 Å². The van der Waals surface area contributed by atoms with Crippen molar-refractivity contribution < 1.29 is 18.7 Å². The number of hydrogen-bond acceptors (Lipinski definition) is 4. The highest BCUT2D eigenvalue weighted by molar-refractivity contribution is 9.10. The summed E-state index contributed by atoms with van der Waals surface area (Å²) in [4.78, 5) is 12.1. The van der Waals surface area contributed by atoms with Crippen molar-refractivity contribution in [1.82, 2.24) is 0 Å². The van der Waals surface area contributed by atoms with Crippen LogP contribution in [0.15, 0.2) is 45.5 Å². The van der Waals surface area contributed by atoms with Crippen molar-refractivity contribution in [1.29, 1.82) is 0 Å². The predicted molar refractivity (Wildman–Crippen MR) is 77.2 cm³/mol. The number of furan rings is 1. The van der Waals surface area contributed by atoms with Crippen LogP contribution in [0.4, 0.5) is 0 Å². The number of ketones is 1. The van der Waals surface area contributed by atoms with Crippen molar-refractivity contribution in [3.8, 4) is 11.5 Å². The highest BCUT2D eigenvalue weighted by Crippen LogP contribution is 2.31. The van der Waals surface area contributed by atoms with E-state index in [9.17, 15) is 4.79 Å². The predicted octanol–water partition coefficient (Wildman–Crippen LogP) is 3.71. The first-order valence-electron chi connectivity index (χ1n) is 6.08. The van der Waals surface area contributed by atoms with Crippen molar-refractivity contribution in [3.63, 3.8) is 0 Å². The zero-order chi connectivity index (χ0) is 13.9. The van der Waals surface area contributed by atoms with Gasteiger partial charge in [0.05, 0.1) is 4.47 Å². The molecule has 0 amide bonds. The molecule has 0 aliphatic carbocycles. The van der Waals surface area contributed by atoms with Gasteiger partial charge < -0.3 is 13.9 Å². The number of ether oxygens (including phenoxy) is 2. The lowest BCUT2D eigenvalue weighted by Crippen LogP contribution is -2.15. The Labute approximate surface area is 124 Å². The molecule has 4 nitrogen and oxygen atoms in total. The molecule has 1 aliphatic heterocycles. The molecule has 0 spiro atoms. The maximum Gasteiger partial charge on any atom is 0.186 e. The van der Waals surface area contributed by atoms with E-state index in [1.165, 1.54) is 6.08 Å². The normalized spacial score (nSPS) is 13.7. The Morgan fingerprint density at radius 2 is 1.95 bits per heavy atom. The van der Waals surface area contributed by atoms with Crippen molar-refractivity contribution in [3.05, 3.63) is 52.4 Å². The maximum atomic E-state index is 12.1. The van der Waals surface area contributed by atoms with Gasteiger partial charge in [-0.05, 0) is 52.3 Å². The first-order chi connectivity index (χ1) is 9.72. The average molecular weight is 335 g/mol. The van der Waals surface area contributed by atoms with Crippen molar-refractivity contribution >= 4 is 27.8 Å². The highest BCUT2D eigenvalue weighted by Gasteiger charge is 2.13. The van der Waals surface area contributed by atoms with Crippen LogP contribution in [0.5, 0.6) is 11.5 Å². The topological polar surface area (TPSA) is 48.7 Å². The minimum absolute atomic E-state index is 0.116. The number of carbonyl (C=O) groups excluding carboxylic acids is 1. The molecule has 0 saturated heterocycles. The van der Waals surface area contributed by atoms with Gasteiger partial charge >= 0.3 is 0 Å². The third kappa shape index (κ3) is 2.77. The lowest BCUT2D eigenvalue weighted by atomic mass is 10.1. The van der Waals surface area contributed by atoms with Crippen LogP contribution in [0, 0.1) is 0 Å². The van der Waals surface area contributed by atoms with Crippen LogP contribution in [0.1, 0.15) is 16.1 Å². The zero-order valence-corrected chi connectivity index (χ0v) is 12.1. The quantitative estimate of drug-likeness (QED) is 0.634. The number of halogens is 1. The van der Waals surface area contributed by atoms with Crippen molar-refractivity contribution in [2.45, 2.75) is 0 Å². The van der Waals surface area contributed by atoms with Gasteiger partial charge in [-0.15, -0.1) is 0 Å². The van der Waals surface area contributed by atoms with E-state index in [0.29, 0.717) is 36.0 Å².